The summed E-state index contributed by atoms with van der Waals surface area (Å²) in [5.74, 6) is 0. The molecule has 21 heavy (non-hydrogen) atoms. The van der Waals surface area contributed by atoms with Crippen LogP contribution >= 0.6 is 0 Å². The van der Waals surface area contributed by atoms with E-state index in [0.29, 0.717) is 6.54 Å². The number of benzene rings is 1. The number of aromatic nitrogens is 2. The van der Waals surface area contributed by atoms with Gasteiger partial charge in [-0.05, 0) is 48.9 Å². The molecule has 3 heteroatoms. The molecule has 0 amide bonds. The van der Waals surface area contributed by atoms with E-state index in [1.165, 1.54) is 42.4 Å². The van der Waals surface area contributed by atoms with Crippen LogP contribution in [0.2, 0.25) is 0 Å². The average molecular weight is 277 g/mol. The SMILES string of the molecule is NCc1cccn2cc(-c3ccc4c(c3)CCCC4)nc12. The van der Waals surface area contributed by atoms with E-state index < -0.39 is 0 Å². The van der Waals surface area contributed by atoms with Gasteiger partial charge in [0.05, 0.1) is 5.69 Å². The quantitative estimate of drug-likeness (QED) is 0.780. The highest BCUT2D eigenvalue weighted by Gasteiger charge is 2.12. The van der Waals surface area contributed by atoms with Crippen molar-refractivity contribution in [2.45, 2.75) is 32.2 Å². The monoisotopic (exact) mass is 277 g/mol. The fourth-order valence-corrected chi connectivity index (χ4v) is 3.26. The summed E-state index contributed by atoms with van der Waals surface area (Å²) in [5.41, 5.74) is 13.1. The van der Waals surface area contributed by atoms with Crippen molar-refractivity contribution in [3.05, 3.63) is 59.4 Å². The molecule has 1 aliphatic rings. The summed E-state index contributed by atoms with van der Waals surface area (Å²) in [6, 6.07) is 10.9. The van der Waals surface area contributed by atoms with Gasteiger partial charge in [-0.25, -0.2) is 4.98 Å². The van der Waals surface area contributed by atoms with Gasteiger partial charge in [0.25, 0.3) is 0 Å². The van der Waals surface area contributed by atoms with Crippen molar-refractivity contribution in [2.75, 3.05) is 0 Å². The lowest BCUT2D eigenvalue weighted by atomic mass is 9.90. The largest absolute Gasteiger partial charge is 0.326 e. The second-order valence-corrected chi connectivity index (χ2v) is 5.79. The number of aryl methyl sites for hydroxylation is 2. The van der Waals surface area contributed by atoms with Crippen molar-refractivity contribution in [2.24, 2.45) is 5.73 Å². The molecule has 0 saturated carbocycles. The molecule has 0 bridgehead atoms. The molecule has 106 valence electrons. The van der Waals surface area contributed by atoms with Crippen LogP contribution in [0.1, 0.15) is 29.5 Å². The Labute approximate surface area is 124 Å². The zero-order valence-electron chi connectivity index (χ0n) is 12.0. The zero-order chi connectivity index (χ0) is 14.2. The van der Waals surface area contributed by atoms with Crippen LogP contribution in [0.5, 0.6) is 0 Å². The standard InChI is InChI=1S/C18H19N3/c19-11-16-6-3-9-21-12-17(20-18(16)21)15-8-7-13-4-1-2-5-14(13)10-15/h3,6-10,12H,1-2,4-5,11,19H2. The minimum atomic E-state index is 0.519. The first-order valence-corrected chi connectivity index (χ1v) is 7.64. The molecule has 1 aliphatic carbocycles. The van der Waals surface area contributed by atoms with E-state index in [0.717, 1.165) is 16.9 Å². The first-order valence-electron chi connectivity index (χ1n) is 7.64. The zero-order valence-corrected chi connectivity index (χ0v) is 12.0. The molecule has 0 saturated heterocycles. The normalized spacial score (nSPS) is 14.3. The Hall–Kier alpha value is -2.13. The van der Waals surface area contributed by atoms with Gasteiger partial charge in [0.2, 0.25) is 0 Å². The highest BCUT2D eigenvalue weighted by atomic mass is 15.0. The van der Waals surface area contributed by atoms with E-state index in [4.69, 9.17) is 10.7 Å². The topological polar surface area (TPSA) is 43.3 Å². The lowest BCUT2D eigenvalue weighted by Crippen LogP contribution is -2.02. The highest BCUT2D eigenvalue weighted by Crippen LogP contribution is 2.27. The number of nitrogens with two attached hydrogens (primary N) is 1. The van der Waals surface area contributed by atoms with Crippen LogP contribution in [0.25, 0.3) is 16.9 Å². The number of pyridine rings is 1. The molecule has 0 radical (unpaired) electrons. The van der Waals surface area contributed by atoms with Crippen LogP contribution in [0.3, 0.4) is 0 Å². The Morgan fingerprint density at radius 1 is 1.10 bits per heavy atom. The molecule has 2 N–H and O–H groups in total. The summed E-state index contributed by atoms with van der Waals surface area (Å²) in [5, 5.41) is 0. The Bertz CT molecular complexity index is 801. The summed E-state index contributed by atoms with van der Waals surface area (Å²) < 4.78 is 2.07. The third-order valence-corrected chi connectivity index (χ3v) is 4.43. The van der Waals surface area contributed by atoms with E-state index in [-0.39, 0.29) is 0 Å². The molecule has 0 aliphatic heterocycles. The maximum atomic E-state index is 5.80. The van der Waals surface area contributed by atoms with E-state index in [9.17, 15) is 0 Å². The van der Waals surface area contributed by atoms with Gasteiger partial charge in [0, 0.05) is 30.1 Å². The summed E-state index contributed by atoms with van der Waals surface area (Å²) in [6.07, 6.45) is 9.17. The van der Waals surface area contributed by atoms with Crippen molar-refractivity contribution in [3.63, 3.8) is 0 Å². The fraction of sp³-hybridized carbons (Fsp3) is 0.278. The lowest BCUT2D eigenvalue weighted by Gasteiger charge is -2.15. The smallest absolute Gasteiger partial charge is 0.141 e. The minimum absolute atomic E-state index is 0.519. The first kappa shape index (κ1) is 12.6. The molecule has 1 aromatic carbocycles. The maximum absolute atomic E-state index is 5.80. The Kier molecular flexibility index (Phi) is 3.00. The molecular weight excluding hydrogens is 258 g/mol. The van der Waals surface area contributed by atoms with Crippen molar-refractivity contribution in [1.29, 1.82) is 0 Å². The van der Waals surface area contributed by atoms with Crippen molar-refractivity contribution in [3.8, 4) is 11.3 Å². The van der Waals surface area contributed by atoms with Crippen molar-refractivity contribution >= 4 is 5.65 Å². The van der Waals surface area contributed by atoms with Gasteiger partial charge in [-0.1, -0.05) is 18.2 Å². The van der Waals surface area contributed by atoms with Gasteiger partial charge < -0.3 is 10.1 Å². The van der Waals surface area contributed by atoms with Crippen molar-refractivity contribution in [1.82, 2.24) is 9.38 Å². The van der Waals surface area contributed by atoms with Crippen molar-refractivity contribution < 1.29 is 0 Å². The molecular formula is C18H19N3. The molecule has 0 atom stereocenters. The number of hydrogen-bond acceptors (Lipinski definition) is 2. The maximum Gasteiger partial charge on any atom is 0.141 e. The van der Waals surface area contributed by atoms with Crippen LogP contribution in [0.15, 0.2) is 42.7 Å². The summed E-state index contributed by atoms with van der Waals surface area (Å²) >= 11 is 0. The van der Waals surface area contributed by atoms with Gasteiger partial charge in [-0.2, -0.15) is 0 Å². The van der Waals surface area contributed by atoms with Crippen LogP contribution in [0.4, 0.5) is 0 Å². The van der Waals surface area contributed by atoms with Gasteiger partial charge >= 0.3 is 0 Å². The van der Waals surface area contributed by atoms with E-state index in [2.05, 4.69) is 28.8 Å². The molecule has 2 aromatic heterocycles. The van der Waals surface area contributed by atoms with E-state index in [1.54, 1.807) is 0 Å². The lowest BCUT2D eigenvalue weighted by molar-refractivity contribution is 0.686. The van der Waals surface area contributed by atoms with Crippen LogP contribution in [0, 0.1) is 0 Å². The number of hydrogen-bond donors (Lipinski definition) is 1. The first-order chi connectivity index (χ1) is 10.3. The Morgan fingerprint density at radius 3 is 2.81 bits per heavy atom. The summed E-state index contributed by atoms with van der Waals surface area (Å²) in [6.45, 7) is 0.519. The molecule has 0 unspecified atom stereocenters. The summed E-state index contributed by atoms with van der Waals surface area (Å²) in [4.78, 5) is 4.79. The molecule has 3 aromatic rings. The van der Waals surface area contributed by atoms with E-state index in [1.807, 2.05) is 18.3 Å². The van der Waals surface area contributed by atoms with Gasteiger partial charge in [-0.15, -0.1) is 0 Å². The van der Waals surface area contributed by atoms with Crippen LogP contribution in [-0.2, 0) is 19.4 Å². The predicted molar refractivity (Wildman–Crippen MR) is 85.2 cm³/mol. The van der Waals surface area contributed by atoms with Gasteiger partial charge in [-0.3, -0.25) is 0 Å². The second kappa shape index (κ2) is 5.01. The number of imidazole rings is 1. The van der Waals surface area contributed by atoms with Gasteiger partial charge in [0.1, 0.15) is 5.65 Å². The number of nitrogens with zero attached hydrogens (tertiary/aromatic N) is 2. The number of fused-ring (bicyclic) bond motifs is 2. The number of rotatable bonds is 2. The minimum Gasteiger partial charge on any atom is -0.326 e. The molecule has 2 heterocycles. The Morgan fingerprint density at radius 2 is 1.95 bits per heavy atom. The molecule has 4 rings (SSSR count). The highest BCUT2D eigenvalue weighted by molar-refractivity contribution is 5.65. The van der Waals surface area contributed by atoms with Crippen LogP contribution < -0.4 is 5.73 Å². The summed E-state index contributed by atoms with van der Waals surface area (Å²) in [7, 11) is 0. The second-order valence-electron chi connectivity index (χ2n) is 5.79. The Balaban J connectivity index is 1.83. The average Bonchev–Trinajstić information content (AvgIpc) is 2.98. The molecule has 0 spiro atoms. The molecule has 0 fully saturated rings. The predicted octanol–water partition coefficient (Wildman–Crippen LogP) is 3.34. The fourth-order valence-electron chi connectivity index (χ4n) is 3.26. The van der Waals surface area contributed by atoms with Crippen LogP contribution in [-0.4, -0.2) is 9.38 Å². The molecule has 3 nitrogen and oxygen atoms in total. The third kappa shape index (κ3) is 2.14. The third-order valence-electron chi connectivity index (χ3n) is 4.43. The van der Waals surface area contributed by atoms with E-state index >= 15 is 0 Å². The van der Waals surface area contributed by atoms with Gasteiger partial charge in [0.15, 0.2) is 0 Å².